The van der Waals surface area contributed by atoms with Gasteiger partial charge < -0.3 is 4.57 Å². The Labute approximate surface area is 106 Å². The first-order valence-electron chi connectivity index (χ1n) is 5.06. The summed E-state index contributed by atoms with van der Waals surface area (Å²) in [6.07, 6.45) is 0. The SMILES string of the molecule is O=[N+]([O-])c1ccc2c(c1)nc(Cl)n2C1CSC1. The van der Waals surface area contributed by atoms with Gasteiger partial charge in [-0.1, -0.05) is 0 Å². The van der Waals surface area contributed by atoms with Crippen LogP contribution in [0.4, 0.5) is 5.69 Å². The van der Waals surface area contributed by atoms with Crippen LogP contribution in [-0.2, 0) is 0 Å². The van der Waals surface area contributed by atoms with Gasteiger partial charge in [0.15, 0.2) is 0 Å². The zero-order valence-electron chi connectivity index (χ0n) is 8.67. The second-order valence-corrected chi connectivity index (χ2v) is 5.29. The van der Waals surface area contributed by atoms with Crippen molar-refractivity contribution < 1.29 is 4.92 Å². The van der Waals surface area contributed by atoms with Crippen LogP contribution >= 0.6 is 23.4 Å². The van der Waals surface area contributed by atoms with Crippen LogP contribution in [0.1, 0.15) is 6.04 Å². The van der Waals surface area contributed by atoms with E-state index in [1.165, 1.54) is 12.1 Å². The van der Waals surface area contributed by atoms with E-state index < -0.39 is 4.92 Å². The lowest BCUT2D eigenvalue weighted by molar-refractivity contribution is -0.384. The number of halogens is 1. The number of nitro groups is 1. The van der Waals surface area contributed by atoms with Crippen molar-refractivity contribution in [2.24, 2.45) is 0 Å². The molecule has 1 aromatic carbocycles. The molecule has 3 rings (SSSR count). The smallest absolute Gasteiger partial charge is 0.271 e. The summed E-state index contributed by atoms with van der Waals surface area (Å²) in [6.45, 7) is 0. The number of imidazole rings is 1. The van der Waals surface area contributed by atoms with E-state index in [9.17, 15) is 10.1 Å². The number of fused-ring (bicyclic) bond motifs is 1. The van der Waals surface area contributed by atoms with Gasteiger partial charge in [-0.25, -0.2) is 4.98 Å². The molecule has 2 heterocycles. The van der Waals surface area contributed by atoms with Crippen molar-refractivity contribution in [1.29, 1.82) is 0 Å². The number of nitrogens with zero attached hydrogens (tertiary/aromatic N) is 3. The summed E-state index contributed by atoms with van der Waals surface area (Å²) in [5.74, 6) is 2.03. The van der Waals surface area contributed by atoms with Crippen LogP contribution in [0.15, 0.2) is 18.2 Å². The van der Waals surface area contributed by atoms with Gasteiger partial charge in [0.05, 0.1) is 22.0 Å². The maximum absolute atomic E-state index is 10.7. The highest BCUT2D eigenvalue weighted by Crippen LogP contribution is 2.35. The molecule has 0 radical (unpaired) electrons. The first-order chi connectivity index (χ1) is 8.16. The Bertz CT molecular complexity index is 609. The molecule has 1 fully saturated rings. The molecule has 17 heavy (non-hydrogen) atoms. The first kappa shape index (κ1) is 10.9. The zero-order valence-corrected chi connectivity index (χ0v) is 10.2. The Morgan fingerprint density at radius 1 is 1.53 bits per heavy atom. The van der Waals surface area contributed by atoms with E-state index in [1.807, 2.05) is 16.3 Å². The van der Waals surface area contributed by atoms with Crippen LogP contribution < -0.4 is 0 Å². The molecule has 0 amide bonds. The largest absolute Gasteiger partial charge is 0.310 e. The highest BCUT2D eigenvalue weighted by molar-refractivity contribution is 8.00. The second-order valence-electron chi connectivity index (χ2n) is 3.87. The van der Waals surface area contributed by atoms with Gasteiger partial charge in [0.25, 0.3) is 5.69 Å². The van der Waals surface area contributed by atoms with Gasteiger partial charge >= 0.3 is 0 Å². The van der Waals surface area contributed by atoms with E-state index >= 15 is 0 Å². The molecule has 1 aliphatic rings. The topological polar surface area (TPSA) is 61.0 Å². The molecule has 0 aliphatic carbocycles. The Kier molecular flexibility index (Phi) is 2.48. The van der Waals surface area contributed by atoms with Gasteiger partial charge in [0.1, 0.15) is 0 Å². The number of hydrogen-bond acceptors (Lipinski definition) is 4. The molecule has 1 aliphatic heterocycles. The third kappa shape index (κ3) is 1.68. The van der Waals surface area contributed by atoms with Gasteiger partial charge in [0.2, 0.25) is 5.28 Å². The molecule has 0 atom stereocenters. The molecule has 0 saturated carbocycles. The molecular formula is C10H8ClN3O2S. The molecule has 1 saturated heterocycles. The summed E-state index contributed by atoms with van der Waals surface area (Å²) < 4.78 is 1.96. The maximum Gasteiger partial charge on any atom is 0.271 e. The van der Waals surface area contributed by atoms with E-state index in [0.29, 0.717) is 16.8 Å². The number of non-ortho nitro benzene ring substituents is 1. The maximum atomic E-state index is 10.7. The minimum Gasteiger partial charge on any atom is -0.310 e. The second kappa shape index (κ2) is 3.89. The Balaban J connectivity index is 2.17. The van der Waals surface area contributed by atoms with Gasteiger partial charge in [-0.2, -0.15) is 11.8 Å². The number of aromatic nitrogens is 2. The van der Waals surface area contributed by atoms with E-state index in [-0.39, 0.29) is 5.69 Å². The van der Waals surface area contributed by atoms with Crippen molar-refractivity contribution in [3.05, 3.63) is 33.6 Å². The fourth-order valence-corrected chi connectivity index (χ4v) is 2.96. The van der Waals surface area contributed by atoms with Crippen molar-refractivity contribution >= 4 is 40.1 Å². The summed E-state index contributed by atoms with van der Waals surface area (Å²) in [5.41, 5.74) is 1.49. The third-order valence-corrected chi connectivity index (χ3v) is 4.33. The van der Waals surface area contributed by atoms with E-state index in [1.54, 1.807) is 6.07 Å². The normalized spacial score (nSPS) is 16.1. The first-order valence-corrected chi connectivity index (χ1v) is 6.59. The molecule has 7 heteroatoms. The standard InChI is InChI=1S/C10H8ClN3O2S/c11-10-12-8-3-6(14(15)16)1-2-9(8)13(10)7-4-17-5-7/h1-3,7H,4-5H2. The minimum atomic E-state index is -0.425. The molecule has 0 bridgehead atoms. The predicted molar refractivity (Wildman–Crippen MR) is 67.8 cm³/mol. The molecule has 2 aromatic rings. The van der Waals surface area contributed by atoms with Crippen molar-refractivity contribution in [3.8, 4) is 0 Å². The van der Waals surface area contributed by atoms with Crippen molar-refractivity contribution in [3.63, 3.8) is 0 Å². The van der Waals surface area contributed by atoms with Crippen LogP contribution in [0.25, 0.3) is 11.0 Å². The predicted octanol–water partition coefficient (Wildman–Crippen LogP) is 2.89. The average molecular weight is 270 g/mol. The number of nitro benzene ring substituents is 1. The van der Waals surface area contributed by atoms with Crippen molar-refractivity contribution in [1.82, 2.24) is 9.55 Å². The average Bonchev–Trinajstić information content (AvgIpc) is 2.52. The molecule has 1 aromatic heterocycles. The van der Waals surface area contributed by atoms with Gasteiger partial charge in [-0.15, -0.1) is 0 Å². The van der Waals surface area contributed by atoms with E-state index in [0.717, 1.165) is 17.0 Å². The summed E-state index contributed by atoms with van der Waals surface area (Å²) >= 11 is 7.93. The lowest BCUT2D eigenvalue weighted by Crippen LogP contribution is -2.22. The van der Waals surface area contributed by atoms with Crippen LogP contribution in [0, 0.1) is 10.1 Å². The minimum absolute atomic E-state index is 0.0433. The van der Waals surface area contributed by atoms with Crippen molar-refractivity contribution in [2.45, 2.75) is 6.04 Å². The third-order valence-electron chi connectivity index (χ3n) is 2.83. The summed E-state index contributed by atoms with van der Waals surface area (Å²) in [6, 6.07) is 5.03. The highest BCUT2D eigenvalue weighted by atomic mass is 35.5. The quantitative estimate of drug-likeness (QED) is 0.621. The lowest BCUT2D eigenvalue weighted by atomic mass is 10.2. The summed E-state index contributed by atoms with van der Waals surface area (Å²) in [7, 11) is 0. The van der Waals surface area contributed by atoms with Gasteiger partial charge in [0, 0.05) is 23.6 Å². The summed E-state index contributed by atoms with van der Waals surface area (Å²) in [5, 5.41) is 11.1. The Morgan fingerprint density at radius 3 is 2.88 bits per heavy atom. The molecule has 0 N–H and O–H groups in total. The Hall–Kier alpha value is -1.27. The van der Waals surface area contributed by atoms with E-state index in [4.69, 9.17) is 11.6 Å². The van der Waals surface area contributed by atoms with Gasteiger partial charge in [-0.05, 0) is 17.7 Å². The number of benzene rings is 1. The fraction of sp³-hybridized carbons (Fsp3) is 0.300. The summed E-state index contributed by atoms with van der Waals surface area (Å²) in [4.78, 5) is 14.4. The van der Waals surface area contributed by atoms with Crippen LogP contribution in [0.3, 0.4) is 0 Å². The lowest BCUT2D eigenvalue weighted by Gasteiger charge is -2.27. The van der Waals surface area contributed by atoms with E-state index in [2.05, 4.69) is 4.98 Å². The van der Waals surface area contributed by atoms with Crippen LogP contribution in [0.5, 0.6) is 0 Å². The molecular weight excluding hydrogens is 262 g/mol. The molecule has 0 spiro atoms. The monoisotopic (exact) mass is 269 g/mol. The molecule has 0 unspecified atom stereocenters. The van der Waals surface area contributed by atoms with Crippen LogP contribution in [-0.4, -0.2) is 26.0 Å². The van der Waals surface area contributed by atoms with Crippen molar-refractivity contribution in [2.75, 3.05) is 11.5 Å². The molecule has 88 valence electrons. The Morgan fingerprint density at radius 2 is 2.29 bits per heavy atom. The number of rotatable bonds is 2. The molecule has 5 nitrogen and oxygen atoms in total. The highest BCUT2D eigenvalue weighted by Gasteiger charge is 2.25. The van der Waals surface area contributed by atoms with Gasteiger partial charge in [-0.3, -0.25) is 10.1 Å². The fourth-order valence-electron chi connectivity index (χ4n) is 1.89. The number of thioether (sulfide) groups is 1. The van der Waals surface area contributed by atoms with Crippen LogP contribution in [0.2, 0.25) is 5.28 Å². The zero-order chi connectivity index (χ0) is 12.0. The number of hydrogen-bond donors (Lipinski definition) is 0.